The van der Waals surface area contributed by atoms with E-state index in [1.165, 1.54) is 6.07 Å². The van der Waals surface area contributed by atoms with E-state index < -0.39 is 16.9 Å². The highest BCUT2D eigenvalue weighted by Crippen LogP contribution is 2.31. The summed E-state index contributed by atoms with van der Waals surface area (Å²) in [5.41, 5.74) is -1.77. The van der Waals surface area contributed by atoms with Crippen LogP contribution in [-0.2, 0) is 11.2 Å². The van der Waals surface area contributed by atoms with Crippen LogP contribution in [0.5, 0.6) is 0 Å². The molecule has 0 aliphatic heterocycles. The minimum Gasteiger partial charge on any atom is -0.388 e. The zero-order chi connectivity index (χ0) is 15.5. The van der Waals surface area contributed by atoms with E-state index in [0.717, 1.165) is 12.8 Å². The Balaban J connectivity index is 1.90. The SMILES string of the molecule is CC1CCCC(O)(CNC(=O)Cc2cc(=O)[nH]c(=O)[nH]2)C1. The van der Waals surface area contributed by atoms with E-state index in [4.69, 9.17) is 0 Å². The van der Waals surface area contributed by atoms with Gasteiger partial charge in [-0.3, -0.25) is 14.6 Å². The second kappa shape index (κ2) is 6.26. The van der Waals surface area contributed by atoms with Crippen LogP contribution in [0.3, 0.4) is 0 Å². The van der Waals surface area contributed by atoms with Crippen molar-refractivity contribution < 1.29 is 9.90 Å². The quantitative estimate of drug-likeness (QED) is 0.608. The maximum atomic E-state index is 11.8. The van der Waals surface area contributed by atoms with Crippen LogP contribution in [0.15, 0.2) is 15.7 Å². The van der Waals surface area contributed by atoms with E-state index >= 15 is 0 Å². The van der Waals surface area contributed by atoms with Gasteiger partial charge in [0.15, 0.2) is 0 Å². The Bertz CT molecular complexity index is 593. The molecule has 0 spiro atoms. The lowest BCUT2D eigenvalue weighted by atomic mass is 9.79. The molecule has 1 amide bonds. The number of H-pyrrole nitrogens is 2. The molecule has 4 N–H and O–H groups in total. The van der Waals surface area contributed by atoms with Crippen LogP contribution in [0.1, 0.15) is 38.3 Å². The van der Waals surface area contributed by atoms with E-state index in [9.17, 15) is 19.5 Å². The fourth-order valence-corrected chi connectivity index (χ4v) is 2.91. The van der Waals surface area contributed by atoms with Gasteiger partial charge in [-0.2, -0.15) is 0 Å². The number of nitrogens with one attached hydrogen (secondary N) is 3. The summed E-state index contributed by atoms with van der Waals surface area (Å²) in [6, 6.07) is 1.18. The van der Waals surface area contributed by atoms with E-state index in [2.05, 4.69) is 17.2 Å². The van der Waals surface area contributed by atoms with Gasteiger partial charge in [-0.05, 0) is 18.8 Å². The van der Waals surface area contributed by atoms with Gasteiger partial charge in [-0.15, -0.1) is 0 Å². The topological polar surface area (TPSA) is 115 Å². The first-order valence-corrected chi connectivity index (χ1v) is 7.18. The van der Waals surface area contributed by atoms with Gasteiger partial charge in [-0.1, -0.05) is 19.8 Å². The monoisotopic (exact) mass is 295 g/mol. The number of aromatic amines is 2. The minimum absolute atomic E-state index is 0.0925. The van der Waals surface area contributed by atoms with Gasteiger partial charge in [0.1, 0.15) is 0 Å². The van der Waals surface area contributed by atoms with Gasteiger partial charge in [0.2, 0.25) is 5.91 Å². The summed E-state index contributed by atoms with van der Waals surface area (Å²) in [7, 11) is 0. The van der Waals surface area contributed by atoms with E-state index in [-0.39, 0.29) is 24.6 Å². The number of rotatable bonds is 4. The van der Waals surface area contributed by atoms with Crippen LogP contribution in [0, 0.1) is 5.92 Å². The molecule has 1 aliphatic rings. The molecule has 0 aromatic carbocycles. The smallest absolute Gasteiger partial charge is 0.325 e. The fourth-order valence-electron chi connectivity index (χ4n) is 2.91. The molecule has 0 bridgehead atoms. The maximum absolute atomic E-state index is 11.8. The van der Waals surface area contributed by atoms with Crippen molar-refractivity contribution in [2.75, 3.05) is 6.54 Å². The minimum atomic E-state index is -0.852. The summed E-state index contributed by atoms with van der Waals surface area (Å²) in [5.74, 6) is 0.118. The molecule has 1 aromatic heterocycles. The van der Waals surface area contributed by atoms with Gasteiger partial charge in [0.25, 0.3) is 5.56 Å². The van der Waals surface area contributed by atoms with Gasteiger partial charge >= 0.3 is 5.69 Å². The third-order valence-electron chi connectivity index (χ3n) is 3.85. The van der Waals surface area contributed by atoms with Gasteiger partial charge in [0, 0.05) is 18.3 Å². The van der Waals surface area contributed by atoms with Crippen LogP contribution in [0.2, 0.25) is 0 Å². The molecule has 2 rings (SSSR count). The van der Waals surface area contributed by atoms with Crippen molar-refractivity contribution in [3.63, 3.8) is 0 Å². The lowest BCUT2D eigenvalue weighted by Crippen LogP contribution is -2.46. The summed E-state index contributed by atoms with van der Waals surface area (Å²) in [5, 5.41) is 13.1. The van der Waals surface area contributed by atoms with Gasteiger partial charge < -0.3 is 15.4 Å². The van der Waals surface area contributed by atoms with Crippen LogP contribution >= 0.6 is 0 Å². The molecule has 0 radical (unpaired) electrons. The highest BCUT2D eigenvalue weighted by Gasteiger charge is 2.32. The summed E-state index contributed by atoms with van der Waals surface area (Å²) >= 11 is 0. The first kappa shape index (κ1) is 15.5. The summed E-state index contributed by atoms with van der Waals surface area (Å²) in [6.45, 7) is 2.29. The summed E-state index contributed by atoms with van der Waals surface area (Å²) in [6.07, 6.45) is 3.32. The number of amides is 1. The molecule has 0 saturated heterocycles. The van der Waals surface area contributed by atoms with Crippen molar-refractivity contribution in [2.45, 2.75) is 44.6 Å². The average Bonchev–Trinajstić information content (AvgIpc) is 2.35. The number of carbonyl (C=O) groups excluding carboxylic acids is 1. The molecule has 2 unspecified atom stereocenters. The molecular formula is C14H21N3O4. The predicted octanol–water partition coefficient (Wildman–Crippen LogP) is -0.337. The van der Waals surface area contributed by atoms with Gasteiger partial charge in [-0.25, -0.2) is 4.79 Å². The van der Waals surface area contributed by atoms with Crippen molar-refractivity contribution in [1.82, 2.24) is 15.3 Å². The zero-order valence-electron chi connectivity index (χ0n) is 12.1. The van der Waals surface area contributed by atoms with Gasteiger partial charge in [0.05, 0.1) is 12.0 Å². The standard InChI is InChI=1S/C14H21N3O4/c1-9-3-2-4-14(21,7-9)8-15-11(18)5-10-6-12(19)17-13(20)16-10/h6,9,21H,2-5,7-8H2,1H3,(H,15,18)(H2,16,17,19,20). The third-order valence-corrected chi connectivity index (χ3v) is 3.85. The molecule has 2 atom stereocenters. The van der Waals surface area contributed by atoms with Crippen LogP contribution in [-0.4, -0.2) is 33.1 Å². The molecule has 7 nitrogen and oxygen atoms in total. The molecule has 1 fully saturated rings. The maximum Gasteiger partial charge on any atom is 0.325 e. The lowest BCUT2D eigenvalue weighted by Gasteiger charge is -2.35. The number of carbonyl (C=O) groups is 1. The lowest BCUT2D eigenvalue weighted by molar-refractivity contribution is -0.122. The van der Waals surface area contributed by atoms with Crippen molar-refractivity contribution in [3.05, 3.63) is 32.6 Å². The van der Waals surface area contributed by atoms with E-state index in [1.807, 2.05) is 4.98 Å². The van der Waals surface area contributed by atoms with Crippen molar-refractivity contribution in [3.8, 4) is 0 Å². The van der Waals surface area contributed by atoms with Crippen molar-refractivity contribution >= 4 is 5.91 Å². The Kier molecular flexibility index (Phi) is 4.62. The molecule has 116 valence electrons. The van der Waals surface area contributed by atoms with Crippen LogP contribution in [0.25, 0.3) is 0 Å². The van der Waals surface area contributed by atoms with Crippen molar-refractivity contribution in [1.29, 1.82) is 0 Å². The summed E-state index contributed by atoms with van der Waals surface area (Å²) in [4.78, 5) is 38.5. The molecule has 1 saturated carbocycles. The number of aromatic nitrogens is 2. The Morgan fingerprint density at radius 2 is 2.24 bits per heavy atom. The molecule has 21 heavy (non-hydrogen) atoms. The zero-order valence-corrected chi connectivity index (χ0v) is 12.1. The molecule has 1 aliphatic carbocycles. The van der Waals surface area contributed by atoms with E-state index in [1.54, 1.807) is 0 Å². The molecule has 1 heterocycles. The highest BCUT2D eigenvalue weighted by molar-refractivity contribution is 5.78. The largest absolute Gasteiger partial charge is 0.388 e. The molecule has 7 heteroatoms. The highest BCUT2D eigenvalue weighted by atomic mass is 16.3. The number of hydrogen-bond donors (Lipinski definition) is 4. The second-order valence-corrected chi connectivity index (χ2v) is 5.99. The van der Waals surface area contributed by atoms with Crippen LogP contribution < -0.4 is 16.6 Å². The fraction of sp³-hybridized carbons (Fsp3) is 0.643. The summed E-state index contributed by atoms with van der Waals surface area (Å²) < 4.78 is 0. The number of aliphatic hydroxyl groups is 1. The van der Waals surface area contributed by atoms with E-state index in [0.29, 0.717) is 18.8 Å². The first-order chi connectivity index (χ1) is 9.86. The molecule has 1 aromatic rings. The number of hydrogen-bond acceptors (Lipinski definition) is 4. The Morgan fingerprint density at radius 3 is 2.90 bits per heavy atom. The average molecular weight is 295 g/mol. The Labute approximate surface area is 121 Å². The third kappa shape index (κ3) is 4.56. The predicted molar refractivity (Wildman–Crippen MR) is 77.0 cm³/mol. The van der Waals surface area contributed by atoms with Crippen LogP contribution in [0.4, 0.5) is 0 Å². The Morgan fingerprint density at radius 1 is 1.48 bits per heavy atom. The first-order valence-electron chi connectivity index (χ1n) is 7.18. The Hall–Kier alpha value is -1.89. The molecular weight excluding hydrogens is 274 g/mol. The second-order valence-electron chi connectivity index (χ2n) is 5.99. The van der Waals surface area contributed by atoms with Crippen molar-refractivity contribution in [2.24, 2.45) is 5.92 Å². The normalized spacial score (nSPS) is 25.5.